The van der Waals surface area contributed by atoms with Crippen molar-refractivity contribution < 1.29 is 4.74 Å². The fourth-order valence-corrected chi connectivity index (χ4v) is 2.21. The summed E-state index contributed by atoms with van der Waals surface area (Å²) in [6, 6.07) is 0.628. The smallest absolute Gasteiger partial charge is 0.191 e. The Morgan fingerprint density at radius 3 is 2.71 bits per heavy atom. The maximum Gasteiger partial charge on any atom is 0.191 e. The van der Waals surface area contributed by atoms with Crippen molar-refractivity contribution in [3.8, 4) is 0 Å². The number of hydrogen-bond acceptors (Lipinski definition) is 3. The molecule has 1 aliphatic heterocycles. The Bertz CT molecular complexity index is 283. The second-order valence-corrected chi connectivity index (χ2v) is 5.52. The lowest BCUT2D eigenvalue weighted by Gasteiger charge is -2.24. The van der Waals surface area contributed by atoms with Crippen LogP contribution in [0, 0.1) is 0 Å². The fourth-order valence-electron chi connectivity index (χ4n) is 2.21. The highest BCUT2D eigenvalue weighted by atomic mass is 127. The van der Waals surface area contributed by atoms with Crippen LogP contribution in [0.25, 0.3) is 0 Å². The lowest BCUT2D eigenvalue weighted by atomic mass is 10.2. The Balaban J connectivity index is 0.00000400. The molecule has 0 spiro atoms. The zero-order valence-electron chi connectivity index (χ0n) is 14.0. The normalized spacial score (nSPS) is 20.2. The molecule has 21 heavy (non-hydrogen) atoms. The maximum absolute atomic E-state index is 5.60. The molecule has 2 atom stereocenters. The van der Waals surface area contributed by atoms with Gasteiger partial charge in [0.2, 0.25) is 0 Å². The van der Waals surface area contributed by atoms with Crippen molar-refractivity contribution in [3.05, 3.63) is 0 Å². The minimum Gasteiger partial charge on any atom is -0.376 e. The molecule has 0 aromatic heterocycles. The summed E-state index contributed by atoms with van der Waals surface area (Å²) in [6.45, 7) is 11.1. The first-order chi connectivity index (χ1) is 9.67. The molecular weight excluding hydrogens is 379 g/mol. The van der Waals surface area contributed by atoms with Crippen LogP contribution >= 0.6 is 24.0 Å². The van der Waals surface area contributed by atoms with Gasteiger partial charge in [0.05, 0.1) is 12.6 Å². The summed E-state index contributed by atoms with van der Waals surface area (Å²) in [5, 5.41) is 6.68. The van der Waals surface area contributed by atoms with Gasteiger partial charge in [-0.3, -0.25) is 4.99 Å². The van der Waals surface area contributed by atoms with Crippen LogP contribution in [-0.4, -0.2) is 62.8 Å². The topological polar surface area (TPSA) is 48.9 Å². The van der Waals surface area contributed by atoms with E-state index in [1.165, 1.54) is 12.8 Å². The molecule has 0 aromatic carbocycles. The van der Waals surface area contributed by atoms with Crippen LogP contribution in [-0.2, 0) is 4.74 Å². The van der Waals surface area contributed by atoms with Crippen molar-refractivity contribution in [1.29, 1.82) is 0 Å². The van der Waals surface area contributed by atoms with E-state index >= 15 is 0 Å². The molecule has 0 aromatic rings. The van der Waals surface area contributed by atoms with Gasteiger partial charge in [-0.15, -0.1) is 24.0 Å². The van der Waals surface area contributed by atoms with Crippen molar-refractivity contribution in [2.45, 2.75) is 52.2 Å². The summed E-state index contributed by atoms with van der Waals surface area (Å²) in [5.74, 6) is 0.903. The summed E-state index contributed by atoms with van der Waals surface area (Å²) in [4.78, 5) is 6.98. The molecule has 126 valence electrons. The van der Waals surface area contributed by atoms with E-state index in [0.29, 0.717) is 12.1 Å². The molecule has 6 heteroatoms. The molecular formula is C15H33IN4O. The number of rotatable bonds is 8. The molecule has 1 heterocycles. The van der Waals surface area contributed by atoms with Crippen LogP contribution in [0.5, 0.6) is 0 Å². The van der Waals surface area contributed by atoms with E-state index in [-0.39, 0.29) is 24.0 Å². The van der Waals surface area contributed by atoms with Crippen LogP contribution in [0.15, 0.2) is 4.99 Å². The standard InChI is InChI=1S/C15H32N4O.HI/c1-5-13(3)19(4)10-9-17-15(16-6-2)18-12-14-8-7-11-20-14;/h13-14H,5-12H2,1-4H3,(H2,16,17,18);1H. The minimum atomic E-state index is 0. The Labute approximate surface area is 147 Å². The van der Waals surface area contributed by atoms with Gasteiger partial charge in [-0.05, 0) is 40.2 Å². The van der Waals surface area contributed by atoms with Gasteiger partial charge in [0, 0.05) is 32.3 Å². The lowest BCUT2D eigenvalue weighted by Crippen LogP contribution is -2.42. The fraction of sp³-hybridized carbons (Fsp3) is 0.933. The molecule has 0 radical (unpaired) electrons. The second kappa shape index (κ2) is 12.5. The average Bonchev–Trinajstić information content (AvgIpc) is 2.96. The summed E-state index contributed by atoms with van der Waals surface area (Å²) >= 11 is 0. The first-order valence-corrected chi connectivity index (χ1v) is 8.01. The second-order valence-electron chi connectivity index (χ2n) is 5.52. The quantitative estimate of drug-likeness (QED) is 0.364. The molecule has 2 N–H and O–H groups in total. The van der Waals surface area contributed by atoms with Gasteiger partial charge < -0.3 is 20.3 Å². The molecule has 1 saturated heterocycles. The maximum atomic E-state index is 5.60. The van der Waals surface area contributed by atoms with Crippen LogP contribution in [0.3, 0.4) is 0 Å². The van der Waals surface area contributed by atoms with Crippen LogP contribution in [0.2, 0.25) is 0 Å². The molecule has 0 bridgehead atoms. The summed E-state index contributed by atoms with van der Waals surface area (Å²) in [6.07, 6.45) is 3.81. The van der Waals surface area contributed by atoms with Crippen molar-refractivity contribution in [1.82, 2.24) is 15.5 Å². The molecule has 1 aliphatic rings. The Kier molecular flexibility index (Phi) is 12.4. The molecule has 1 rings (SSSR count). The average molecular weight is 412 g/mol. The molecule has 5 nitrogen and oxygen atoms in total. The van der Waals surface area contributed by atoms with E-state index in [2.05, 4.69) is 48.3 Å². The van der Waals surface area contributed by atoms with Crippen molar-refractivity contribution in [3.63, 3.8) is 0 Å². The Morgan fingerprint density at radius 2 is 2.14 bits per heavy atom. The van der Waals surface area contributed by atoms with E-state index in [0.717, 1.165) is 45.2 Å². The number of nitrogens with one attached hydrogen (secondary N) is 2. The first kappa shape index (κ1) is 20.9. The number of hydrogen-bond donors (Lipinski definition) is 2. The lowest BCUT2D eigenvalue weighted by molar-refractivity contribution is 0.117. The largest absolute Gasteiger partial charge is 0.376 e. The molecule has 0 saturated carbocycles. The molecule has 0 aliphatic carbocycles. The zero-order chi connectivity index (χ0) is 14.8. The number of halogens is 1. The highest BCUT2D eigenvalue weighted by molar-refractivity contribution is 14.0. The third-order valence-electron chi connectivity index (χ3n) is 3.92. The zero-order valence-corrected chi connectivity index (χ0v) is 16.4. The summed E-state index contributed by atoms with van der Waals surface area (Å²) in [5.41, 5.74) is 0. The number of ether oxygens (including phenoxy) is 1. The molecule has 1 fully saturated rings. The monoisotopic (exact) mass is 412 g/mol. The predicted octanol–water partition coefficient (Wildman–Crippen LogP) is 2.07. The Morgan fingerprint density at radius 1 is 1.38 bits per heavy atom. The van der Waals surface area contributed by atoms with Gasteiger partial charge in [0.1, 0.15) is 0 Å². The van der Waals surface area contributed by atoms with Gasteiger partial charge in [-0.2, -0.15) is 0 Å². The highest BCUT2D eigenvalue weighted by Crippen LogP contribution is 2.11. The number of nitrogens with zero attached hydrogens (tertiary/aromatic N) is 2. The van der Waals surface area contributed by atoms with E-state index in [9.17, 15) is 0 Å². The third kappa shape index (κ3) is 8.83. The minimum absolute atomic E-state index is 0. The van der Waals surface area contributed by atoms with E-state index < -0.39 is 0 Å². The summed E-state index contributed by atoms with van der Waals surface area (Å²) < 4.78 is 5.60. The van der Waals surface area contributed by atoms with Crippen LogP contribution in [0.4, 0.5) is 0 Å². The number of likely N-dealkylation sites (N-methyl/N-ethyl adjacent to an activating group) is 1. The van der Waals surface area contributed by atoms with Crippen molar-refractivity contribution in [2.24, 2.45) is 4.99 Å². The number of aliphatic imine (C=N–C) groups is 1. The molecule has 0 amide bonds. The van der Waals surface area contributed by atoms with Gasteiger partial charge in [-0.25, -0.2) is 0 Å². The molecule has 2 unspecified atom stereocenters. The number of guanidine groups is 1. The van der Waals surface area contributed by atoms with E-state index in [1.54, 1.807) is 0 Å². The van der Waals surface area contributed by atoms with Gasteiger partial charge in [-0.1, -0.05) is 6.92 Å². The SMILES string of the molecule is CCNC(=NCC1CCCO1)NCCN(C)C(C)CC.I. The first-order valence-electron chi connectivity index (χ1n) is 8.01. The van der Waals surface area contributed by atoms with Crippen LogP contribution < -0.4 is 10.6 Å². The van der Waals surface area contributed by atoms with Crippen LogP contribution in [0.1, 0.15) is 40.0 Å². The van der Waals surface area contributed by atoms with Gasteiger partial charge in [0.25, 0.3) is 0 Å². The summed E-state index contributed by atoms with van der Waals surface area (Å²) in [7, 11) is 2.17. The van der Waals surface area contributed by atoms with Crippen molar-refractivity contribution >= 4 is 29.9 Å². The third-order valence-corrected chi connectivity index (χ3v) is 3.92. The van der Waals surface area contributed by atoms with Gasteiger partial charge in [0.15, 0.2) is 5.96 Å². The van der Waals surface area contributed by atoms with E-state index in [1.807, 2.05) is 0 Å². The van der Waals surface area contributed by atoms with Gasteiger partial charge >= 0.3 is 0 Å². The Hall–Kier alpha value is -0.0800. The highest BCUT2D eigenvalue weighted by Gasteiger charge is 2.14. The van der Waals surface area contributed by atoms with Crippen molar-refractivity contribution in [2.75, 3.05) is 39.8 Å². The predicted molar refractivity (Wildman–Crippen MR) is 101 cm³/mol. The van der Waals surface area contributed by atoms with E-state index in [4.69, 9.17) is 4.74 Å².